The fourth-order valence-electron chi connectivity index (χ4n) is 1.83. The van der Waals surface area contributed by atoms with Crippen LogP contribution in [0, 0.1) is 5.82 Å². The van der Waals surface area contributed by atoms with E-state index in [1.54, 1.807) is 18.3 Å². The second kappa shape index (κ2) is 5.20. The van der Waals surface area contributed by atoms with Crippen LogP contribution in [0.4, 0.5) is 10.1 Å². The van der Waals surface area contributed by atoms with Crippen molar-refractivity contribution in [3.05, 3.63) is 42.5 Å². The Labute approximate surface area is 119 Å². The highest BCUT2D eigenvalue weighted by molar-refractivity contribution is 5.62. The van der Waals surface area contributed by atoms with Crippen LogP contribution in [0.25, 0.3) is 22.8 Å². The number of aromatic nitrogens is 3. The Morgan fingerprint density at radius 2 is 2.05 bits per heavy atom. The topological polar surface area (TPSA) is 87.1 Å². The zero-order valence-corrected chi connectivity index (χ0v) is 11.1. The van der Waals surface area contributed by atoms with Gasteiger partial charge in [0.05, 0.1) is 18.4 Å². The van der Waals surface area contributed by atoms with E-state index in [9.17, 15) is 4.39 Å². The maximum atomic E-state index is 13.4. The summed E-state index contributed by atoms with van der Waals surface area (Å²) in [6.07, 6.45) is 3.09. The first-order valence-electron chi connectivity index (χ1n) is 6.06. The standard InChI is InChI=1S/C14H11FN4O2/c1-20-12-5-8(2-3-11(12)15)13-18-14(21-19-13)9-4-10(16)7-17-6-9/h2-7H,16H2,1H3. The molecular weight excluding hydrogens is 275 g/mol. The monoisotopic (exact) mass is 286 g/mol. The first kappa shape index (κ1) is 13.0. The van der Waals surface area contributed by atoms with E-state index < -0.39 is 5.82 Å². The summed E-state index contributed by atoms with van der Waals surface area (Å²) in [5.41, 5.74) is 7.35. The number of nitrogens with two attached hydrogens (primary N) is 1. The van der Waals surface area contributed by atoms with Crippen molar-refractivity contribution in [1.29, 1.82) is 0 Å². The summed E-state index contributed by atoms with van der Waals surface area (Å²) >= 11 is 0. The molecule has 3 aromatic rings. The Kier molecular flexibility index (Phi) is 3.23. The van der Waals surface area contributed by atoms with Gasteiger partial charge in [0, 0.05) is 18.0 Å². The molecule has 21 heavy (non-hydrogen) atoms. The van der Waals surface area contributed by atoms with Gasteiger partial charge < -0.3 is 15.0 Å². The molecule has 0 radical (unpaired) electrons. The number of nitrogens with zero attached hydrogens (tertiary/aromatic N) is 3. The van der Waals surface area contributed by atoms with Gasteiger partial charge in [0.2, 0.25) is 5.82 Å². The van der Waals surface area contributed by atoms with Gasteiger partial charge in [-0.3, -0.25) is 4.98 Å². The summed E-state index contributed by atoms with van der Waals surface area (Å²) in [5.74, 6) is 0.272. The molecule has 0 saturated heterocycles. The minimum absolute atomic E-state index is 0.115. The highest BCUT2D eigenvalue weighted by Crippen LogP contribution is 2.26. The van der Waals surface area contributed by atoms with Crippen molar-refractivity contribution < 1.29 is 13.7 Å². The molecule has 3 rings (SSSR count). The van der Waals surface area contributed by atoms with Gasteiger partial charge in [-0.2, -0.15) is 4.98 Å². The third-order valence-corrected chi connectivity index (χ3v) is 2.84. The lowest BCUT2D eigenvalue weighted by molar-refractivity contribution is 0.386. The van der Waals surface area contributed by atoms with Crippen LogP contribution in [0.2, 0.25) is 0 Å². The first-order valence-corrected chi connectivity index (χ1v) is 6.06. The molecule has 106 valence electrons. The predicted molar refractivity (Wildman–Crippen MR) is 73.9 cm³/mol. The maximum Gasteiger partial charge on any atom is 0.259 e. The van der Waals surface area contributed by atoms with Crippen molar-refractivity contribution in [3.8, 4) is 28.6 Å². The first-order chi connectivity index (χ1) is 10.2. The normalized spacial score (nSPS) is 10.6. The van der Waals surface area contributed by atoms with Gasteiger partial charge in [-0.05, 0) is 24.3 Å². The molecule has 0 aliphatic rings. The minimum atomic E-state index is -0.454. The lowest BCUT2D eigenvalue weighted by atomic mass is 10.2. The molecule has 1 aromatic carbocycles. The summed E-state index contributed by atoms with van der Waals surface area (Å²) in [7, 11) is 1.39. The highest BCUT2D eigenvalue weighted by Gasteiger charge is 2.13. The van der Waals surface area contributed by atoms with E-state index in [4.69, 9.17) is 15.0 Å². The molecule has 2 aromatic heterocycles. The average molecular weight is 286 g/mol. The van der Waals surface area contributed by atoms with Gasteiger partial charge in [-0.1, -0.05) is 5.16 Å². The fraction of sp³-hybridized carbons (Fsp3) is 0.0714. The van der Waals surface area contributed by atoms with Crippen molar-refractivity contribution in [2.45, 2.75) is 0 Å². The number of ether oxygens (including phenoxy) is 1. The zero-order chi connectivity index (χ0) is 14.8. The Bertz CT molecular complexity index is 788. The Hall–Kier alpha value is -2.96. The van der Waals surface area contributed by atoms with Gasteiger partial charge in [0.25, 0.3) is 5.89 Å². The van der Waals surface area contributed by atoms with Gasteiger partial charge in [-0.25, -0.2) is 4.39 Å². The van der Waals surface area contributed by atoms with Gasteiger partial charge in [0.15, 0.2) is 11.6 Å². The van der Waals surface area contributed by atoms with Crippen LogP contribution in [0.15, 0.2) is 41.2 Å². The molecular formula is C14H11FN4O2. The summed E-state index contributed by atoms with van der Waals surface area (Å²) < 4.78 is 23.5. The van der Waals surface area contributed by atoms with Crippen LogP contribution in [0.1, 0.15) is 0 Å². The SMILES string of the molecule is COc1cc(-c2noc(-c3cncc(N)c3)n2)ccc1F. The molecule has 0 unspecified atom stereocenters. The third kappa shape index (κ3) is 2.53. The highest BCUT2D eigenvalue weighted by atomic mass is 19.1. The van der Waals surface area contributed by atoms with Gasteiger partial charge in [-0.15, -0.1) is 0 Å². The quantitative estimate of drug-likeness (QED) is 0.796. The van der Waals surface area contributed by atoms with Crippen LogP contribution < -0.4 is 10.5 Å². The van der Waals surface area contributed by atoms with Crippen LogP contribution in [0.5, 0.6) is 5.75 Å². The van der Waals surface area contributed by atoms with Crippen molar-refractivity contribution >= 4 is 5.69 Å². The van der Waals surface area contributed by atoms with Crippen LogP contribution in [-0.2, 0) is 0 Å². The number of pyridine rings is 1. The van der Waals surface area contributed by atoms with E-state index in [-0.39, 0.29) is 11.6 Å². The Morgan fingerprint density at radius 1 is 1.19 bits per heavy atom. The van der Waals surface area contributed by atoms with E-state index in [1.165, 1.54) is 25.4 Å². The molecule has 0 atom stereocenters. The molecule has 0 amide bonds. The summed E-state index contributed by atoms with van der Waals surface area (Å²) in [4.78, 5) is 8.20. The lowest BCUT2D eigenvalue weighted by Crippen LogP contribution is -1.90. The number of anilines is 1. The van der Waals surface area contributed by atoms with Crippen LogP contribution >= 0.6 is 0 Å². The number of benzene rings is 1. The molecule has 0 bridgehead atoms. The minimum Gasteiger partial charge on any atom is -0.494 e. The van der Waals surface area contributed by atoms with Crippen LogP contribution in [-0.4, -0.2) is 22.2 Å². The number of rotatable bonds is 3. The largest absolute Gasteiger partial charge is 0.494 e. The van der Waals surface area contributed by atoms with E-state index in [1.807, 2.05) is 0 Å². The Balaban J connectivity index is 1.98. The molecule has 2 N–H and O–H groups in total. The number of hydrogen-bond acceptors (Lipinski definition) is 6. The number of methoxy groups -OCH3 is 1. The van der Waals surface area contributed by atoms with Crippen LogP contribution in [0.3, 0.4) is 0 Å². The number of halogens is 1. The van der Waals surface area contributed by atoms with E-state index in [0.29, 0.717) is 22.6 Å². The van der Waals surface area contributed by atoms with E-state index in [2.05, 4.69) is 15.1 Å². The van der Waals surface area contributed by atoms with Crippen molar-refractivity contribution in [3.63, 3.8) is 0 Å². The zero-order valence-electron chi connectivity index (χ0n) is 11.1. The smallest absolute Gasteiger partial charge is 0.259 e. The van der Waals surface area contributed by atoms with E-state index >= 15 is 0 Å². The Morgan fingerprint density at radius 3 is 2.81 bits per heavy atom. The molecule has 7 heteroatoms. The molecule has 0 fully saturated rings. The van der Waals surface area contributed by atoms with Crippen molar-refractivity contribution in [1.82, 2.24) is 15.1 Å². The lowest BCUT2D eigenvalue weighted by Gasteiger charge is -2.02. The molecule has 0 aliphatic heterocycles. The molecule has 0 spiro atoms. The predicted octanol–water partition coefficient (Wildman–Crippen LogP) is 2.53. The summed E-state index contributed by atoms with van der Waals surface area (Å²) in [5, 5.41) is 3.86. The van der Waals surface area contributed by atoms with E-state index in [0.717, 1.165) is 0 Å². The second-order valence-electron chi connectivity index (χ2n) is 4.28. The third-order valence-electron chi connectivity index (χ3n) is 2.84. The fourth-order valence-corrected chi connectivity index (χ4v) is 1.83. The average Bonchev–Trinajstić information content (AvgIpc) is 2.97. The summed E-state index contributed by atoms with van der Waals surface area (Å²) in [6.45, 7) is 0. The molecule has 2 heterocycles. The van der Waals surface area contributed by atoms with Crippen molar-refractivity contribution in [2.75, 3.05) is 12.8 Å². The van der Waals surface area contributed by atoms with Crippen molar-refractivity contribution in [2.24, 2.45) is 0 Å². The number of hydrogen-bond donors (Lipinski definition) is 1. The summed E-state index contributed by atoms with van der Waals surface area (Å²) in [6, 6.07) is 6.01. The van der Waals surface area contributed by atoms with Gasteiger partial charge >= 0.3 is 0 Å². The van der Waals surface area contributed by atoms with Gasteiger partial charge in [0.1, 0.15) is 0 Å². The number of nitrogen functional groups attached to an aromatic ring is 1. The molecule has 0 saturated carbocycles. The molecule has 0 aliphatic carbocycles. The maximum absolute atomic E-state index is 13.4. The molecule has 6 nitrogen and oxygen atoms in total. The second-order valence-corrected chi connectivity index (χ2v) is 4.28.